The fourth-order valence-electron chi connectivity index (χ4n) is 2.58. The van der Waals surface area contributed by atoms with Gasteiger partial charge in [-0.05, 0) is 58.7 Å². The van der Waals surface area contributed by atoms with Gasteiger partial charge in [0.1, 0.15) is 17.4 Å². The number of halogens is 2. The Morgan fingerprint density at radius 2 is 1.84 bits per heavy atom. The number of benzene rings is 2. The molecule has 3 rings (SSSR count). The second kappa shape index (κ2) is 6.81. The molecule has 0 fully saturated rings. The smallest absolute Gasteiger partial charge is 0.141 e. The molecular weight excluding hydrogens is 339 g/mol. The normalized spacial score (nSPS) is 13.2. The molecule has 0 bridgehead atoms. The summed E-state index contributed by atoms with van der Waals surface area (Å²) in [6, 6.07) is 9.39. The third-order valence-corrected chi connectivity index (χ3v) is 4.09. The summed E-state index contributed by atoms with van der Waals surface area (Å²) < 4.78 is 13.5. The van der Waals surface area contributed by atoms with Crippen molar-refractivity contribution in [3.63, 3.8) is 0 Å². The van der Waals surface area contributed by atoms with Crippen molar-refractivity contribution < 1.29 is 9.50 Å². The SMILES string of the molecule is N=C(N)c1ccc(C2=C(c3ccc(F)c(Cl)c3)C=C=CC=C2)cc1O. The zero-order valence-electron chi connectivity index (χ0n) is 13.1. The Morgan fingerprint density at radius 1 is 1.12 bits per heavy atom. The molecule has 0 amide bonds. The highest BCUT2D eigenvalue weighted by atomic mass is 35.5. The first kappa shape index (κ1) is 16.8. The zero-order valence-corrected chi connectivity index (χ0v) is 13.8. The van der Waals surface area contributed by atoms with Gasteiger partial charge in [-0.3, -0.25) is 5.41 Å². The lowest BCUT2D eigenvalue weighted by molar-refractivity contribution is 0.474. The molecule has 0 spiro atoms. The summed E-state index contributed by atoms with van der Waals surface area (Å²) in [4.78, 5) is 0. The van der Waals surface area contributed by atoms with E-state index in [0.29, 0.717) is 0 Å². The van der Waals surface area contributed by atoms with E-state index in [1.165, 1.54) is 6.07 Å². The van der Waals surface area contributed by atoms with Crippen LogP contribution in [0, 0.1) is 11.2 Å². The number of nitrogens with one attached hydrogen (secondary N) is 1. The predicted molar refractivity (Wildman–Crippen MR) is 99.1 cm³/mol. The van der Waals surface area contributed by atoms with Crippen LogP contribution in [0.25, 0.3) is 11.1 Å². The van der Waals surface area contributed by atoms with Gasteiger partial charge in [0, 0.05) is 0 Å². The van der Waals surface area contributed by atoms with Crippen molar-refractivity contribution in [3.05, 3.63) is 94.0 Å². The third-order valence-electron chi connectivity index (χ3n) is 3.80. The first-order valence-corrected chi connectivity index (χ1v) is 7.82. The van der Waals surface area contributed by atoms with E-state index >= 15 is 0 Å². The van der Waals surface area contributed by atoms with Crippen LogP contribution in [-0.2, 0) is 0 Å². The molecule has 0 atom stereocenters. The van der Waals surface area contributed by atoms with Crippen LogP contribution in [0.2, 0.25) is 5.02 Å². The molecule has 1 aliphatic rings. The number of hydrogen-bond donors (Lipinski definition) is 3. The van der Waals surface area contributed by atoms with Crippen molar-refractivity contribution in [1.82, 2.24) is 0 Å². The highest BCUT2D eigenvalue weighted by Gasteiger charge is 2.13. The maximum absolute atomic E-state index is 13.5. The quantitative estimate of drug-likeness (QED) is 0.427. The minimum atomic E-state index is -0.486. The summed E-state index contributed by atoms with van der Waals surface area (Å²) in [6.07, 6.45) is 7.21. The van der Waals surface area contributed by atoms with Gasteiger partial charge in [0.2, 0.25) is 0 Å². The molecule has 0 aliphatic heterocycles. The fourth-order valence-corrected chi connectivity index (χ4v) is 2.76. The minimum absolute atomic E-state index is 0.0322. The Kier molecular flexibility index (Phi) is 4.57. The van der Waals surface area contributed by atoms with Gasteiger partial charge in [-0.1, -0.05) is 35.9 Å². The summed E-state index contributed by atoms with van der Waals surface area (Å²) in [5.41, 5.74) is 11.8. The Hall–Kier alpha value is -3.07. The van der Waals surface area contributed by atoms with Crippen LogP contribution in [-0.4, -0.2) is 10.9 Å². The Bertz CT molecular complexity index is 999. The van der Waals surface area contributed by atoms with Gasteiger partial charge in [-0.25, -0.2) is 4.39 Å². The molecule has 0 heterocycles. The third kappa shape index (κ3) is 3.41. The molecule has 0 radical (unpaired) electrons. The number of phenols is 1. The molecule has 2 aromatic carbocycles. The van der Waals surface area contributed by atoms with Crippen LogP contribution in [0.15, 0.2) is 66.4 Å². The van der Waals surface area contributed by atoms with E-state index in [4.69, 9.17) is 22.7 Å². The molecule has 0 aromatic heterocycles. The second-order valence-corrected chi connectivity index (χ2v) is 5.85. The first-order valence-electron chi connectivity index (χ1n) is 7.44. The van der Waals surface area contributed by atoms with Crippen molar-refractivity contribution in [2.75, 3.05) is 0 Å². The molecule has 4 N–H and O–H groups in total. The number of hydrogen-bond acceptors (Lipinski definition) is 2. The lowest BCUT2D eigenvalue weighted by atomic mass is 9.93. The van der Waals surface area contributed by atoms with Crippen LogP contribution in [0.1, 0.15) is 16.7 Å². The molecule has 124 valence electrons. The predicted octanol–water partition coefficient (Wildman–Crippen LogP) is 4.66. The van der Waals surface area contributed by atoms with Gasteiger partial charge in [0.05, 0.1) is 10.6 Å². The number of nitrogen functional groups attached to an aromatic ring is 1. The van der Waals surface area contributed by atoms with E-state index in [2.05, 4.69) is 5.73 Å². The second-order valence-electron chi connectivity index (χ2n) is 5.44. The molecular formula is C20H14ClFN2O. The monoisotopic (exact) mass is 352 g/mol. The minimum Gasteiger partial charge on any atom is -0.507 e. The van der Waals surface area contributed by atoms with Crippen molar-refractivity contribution in [2.24, 2.45) is 5.73 Å². The lowest BCUT2D eigenvalue weighted by Crippen LogP contribution is -2.11. The standard InChI is InChI=1S/C20H14ClFN2O/c21-17-10-12(7-9-18(17)22)14-4-2-1-3-5-15(14)13-6-8-16(20(23)24)19(25)11-13/h1,3-11,25H,(H3,23,24). The summed E-state index contributed by atoms with van der Waals surface area (Å²) in [7, 11) is 0. The molecule has 5 heteroatoms. The largest absolute Gasteiger partial charge is 0.507 e. The fraction of sp³-hybridized carbons (Fsp3) is 0. The lowest BCUT2D eigenvalue weighted by Gasteiger charge is -2.12. The Balaban J connectivity index is 2.20. The Morgan fingerprint density at radius 3 is 2.52 bits per heavy atom. The van der Waals surface area contributed by atoms with E-state index in [1.807, 2.05) is 12.2 Å². The van der Waals surface area contributed by atoms with Crippen LogP contribution < -0.4 is 5.73 Å². The topological polar surface area (TPSA) is 70.1 Å². The number of rotatable bonds is 3. The number of aromatic hydroxyl groups is 1. The van der Waals surface area contributed by atoms with Crippen molar-refractivity contribution in [3.8, 4) is 5.75 Å². The van der Waals surface area contributed by atoms with Crippen molar-refractivity contribution in [2.45, 2.75) is 0 Å². The van der Waals surface area contributed by atoms with Gasteiger partial charge in [0.15, 0.2) is 0 Å². The van der Waals surface area contributed by atoms with Gasteiger partial charge in [-0.2, -0.15) is 0 Å². The zero-order chi connectivity index (χ0) is 18.0. The maximum Gasteiger partial charge on any atom is 0.141 e. The summed E-state index contributed by atoms with van der Waals surface area (Å²) in [6.45, 7) is 0. The summed E-state index contributed by atoms with van der Waals surface area (Å²) in [5.74, 6) is -0.773. The molecule has 2 aromatic rings. The molecule has 0 saturated carbocycles. The van der Waals surface area contributed by atoms with E-state index in [0.717, 1.165) is 22.3 Å². The van der Waals surface area contributed by atoms with E-state index in [-0.39, 0.29) is 22.2 Å². The number of nitrogens with two attached hydrogens (primary N) is 1. The van der Waals surface area contributed by atoms with Gasteiger partial charge in [0.25, 0.3) is 0 Å². The van der Waals surface area contributed by atoms with Gasteiger partial charge >= 0.3 is 0 Å². The van der Waals surface area contributed by atoms with Crippen LogP contribution in [0.3, 0.4) is 0 Å². The van der Waals surface area contributed by atoms with Crippen molar-refractivity contribution >= 4 is 28.6 Å². The van der Waals surface area contributed by atoms with Crippen LogP contribution in [0.4, 0.5) is 4.39 Å². The molecule has 3 nitrogen and oxygen atoms in total. The molecule has 1 aliphatic carbocycles. The highest BCUT2D eigenvalue weighted by Crippen LogP contribution is 2.33. The Labute approximate surface area is 149 Å². The maximum atomic E-state index is 13.5. The highest BCUT2D eigenvalue weighted by molar-refractivity contribution is 6.31. The molecule has 0 unspecified atom stereocenters. The van der Waals surface area contributed by atoms with Crippen LogP contribution in [0.5, 0.6) is 5.75 Å². The molecule has 0 saturated heterocycles. The van der Waals surface area contributed by atoms with Gasteiger partial charge < -0.3 is 10.8 Å². The average Bonchev–Trinajstić information content (AvgIpc) is 2.83. The van der Waals surface area contributed by atoms with Crippen LogP contribution >= 0.6 is 11.6 Å². The summed E-state index contributed by atoms with van der Waals surface area (Å²) in [5, 5.41) is 17.6. The van der Waals surface area contributed by atoms with Gasteiger partial charge in [-0.15, -0.1) is 5.73 Å². The summed E-state index contributed by atoms with van der Waals surface area (Å²) >= 11 is 5.91. The van der Waals surface area contributed by atoms with E-state index < -0.39 is 5.82 Å². The number of phenolic OH excluding ortho intramolecular Hbond substituents is 1. The molecule has 25 heavy (non-hydrogen) atoms. The number of amidine groups is 1. The first-order chi connectivity index (χ1) is 12.0. The van der Waals surface area contributed by atoms with E-state index in [9.17, 15) is 9.50 Å². The van der Waals surface area contributed by atoms with E-state index in [1.54, 1.807) is 42.5 Å². The number of allylic oxidation sites excluding steroid dienone is 5. The van der Waals surface area contributed by atoms with Crippen molar-refractivity contribution in [1.29, 1.82) is 5.41 Å². The average molecular weight is 353 g/mol.